The quantitative estimate of drug-likeness (QED) is 0.742. The van der Waals surface area contributed by atoms with E-state index in [2.05, 4.69) is 9.97 Å². The van der Waals surface area contributed by atoms with Gasteiger partial charge in [-0.15, -0.1) is 0 Å². The van der Waals surface area contributed by atoms with Crippen molar-refractivity contribution >= 4 is 46.0 Å². The summed E-state index contributed by atoms with van der Waals surface area (Å²) in [6.07, 6.45) is 1.56. The summed E-state index contributed by atoms with van der Waals surface area (Å²) >= 11 is 11.7. The maximum Gasteiger partial charge on any atom is 0.303 e. The molecule has 5 nitrogen and oxygen atoms in total. The third kappa shape index (κ3) is 5.73. The Hall–Kier alpha value is -1.59. The molecule has 0 aliphatic heterocycles. The van der Waals surface area contributed by atoms with Gasteiger partial charge in [-0.25, -0.2) is 9.97 Å². The van der Waals surface area contributed by atoms with Crippen LogP contribution in [-0.2, 0) is 9.53 Å². The highest BCUT2D eigenvalue weighted by Gasteiger charge is 2.11. The molecule has 0 spiro atoms. The predicted octanol–water partition coefficient (Wildman–Crippen LogP) is 3.87. The first-order chi connectivity index (χ1) is 9.60. The predicted molar refractivity (Wildman–Crippen MR) is 85.5 cm³/mol. The van der Waals surface area contributed by atoms with Crippen LogP contribution >= 0.6 is 23.2 Å². The summed E-state index contributed by atoms with van der Waals surface area (Å²) in [7, 11) is 0. The van der Waals surface area contributed by atoms with E-state index in [0.717, 1.165) is 0 Å². The van der Waals surface area contributed by atoms with E-state index < -0.39 is 0 Å². The van der Waals surface area contributed by atoms with Gasteiger partial charge in [-0.2, -0.15) is 0 Å². The number of nitrogen functional groups attached to an aromatic ring is 1. The Bertz CT molecular complexity index is 654. The van der Waals surface area contributed by atoms with Crippen molar-refractivity contribution in [3.05, 3.63) is 28.4 Å². The molecular formula is C14H17Cl2N3O2. The van der Waals surface area contributed by atoms with Crippen molar-refractivity contribution < 1.29 is 9.53 Å². The van der Waals surface area contributed by atoms with E-state index in [1.54, 1.807) is 18.3 Å². The van der Waals surface area contributed by atoms with Crippen molar-refractivity contribution in [3.8, 4) is 0 Å². The average Bonchev–Trinajstić information content (AvgIpc) is 2.31. The lowest BCUT2D eigenvalue weighted by Gasteiger charge is -2.17. The smallest absolute Gasteiger partial charge is 0.303 e. The van der Waals surface area contributed by atoms with Crippen molar-refractivity contribution in [2.75, 3.05) is 5.73 Å². The number of aromatic nitrogens is 2. The Morgan fingerprint density at radius 2 is 1.90 bits per heavy atom. The van der Waals surface area contributed by atoms with Gasteiger partial charge in [0.15, 0.2) is 0 Å². The number of halogens is 2. The molecule has 0 saturated carbocycles. The number of anilines is 1. The number of esters is 1. The fourth-order valence-electron chi connectivity index (χ4n) is 1.49. The summed E-state index contributed by atoms with van der Waals surface area (Å²) in [6, 6.07) is 3.43. The molecule has 1 aromatic carbocycles. The highest BCUT2D eigenvalue weighted by Crippen LogP contribution is 2.29. The number of ether oxygens (including phenoxy) is 1. The lowest BCUT2D eigenvalue weighted by molar-refractivity contribution is -0.151. The van der Waals surface area contributed by atoms with Crippen LogP contribution in [0.3, 0.4) is 0 Å². The zero-order chi connectivity index (χ0) is 16.2. The van der Waals surface area contributed by atoms with E-state index in [1.807, 2.05) is 20.8 Å². The molecule has 0 saturated heterocycles. The Morgan fingerprint density at radius 1 is 1.29 bits per heavy atom. The van der Waals surface area contributed by atoms with Gasteiger partial charge in [0.25, 0.3) is 0 Å². The summed E-state index contributed by atoms with van der Waals surface area (Å²) in [4.78, 5) is 18.1. The minimum atomic E-state index is -0.328. The molecule has 1 heterocycles. The highest BCUT2D eigenvalue weighted by molar-refractivity contribution is 6.45. The molecule has 1 aromatic heterocycles. The SMILES string of the molecule is CC(=O)OC(C)(C)C.Nc1ncc2c(Cl)c(Cl)ccc2n1. The molecule has 0 bridgehead atoms. The van der Waals surface area contributed by atoms with E-state index >= 15 is 0 Å². The fraction of sp³-hybridized carbons (Fsp3) is 0.357. The van der Waals surface area contributed by atoms with Crippen LogP contribution in [0.25, 0.3) is 10.9 Å². The van der Waals surface area contributed by atoms with Crippen LogP contribution in [0.5, 0.6) is 0 Å². The molecule has 0 aliphatic carbocycles. The number of carbonyl (C=O) groups is 1. The number of carbonyl (C=O) groups excluding carboxylic acids is 1. The maximum atomic E-state index is 10.2. The number of fused-ring (bicyclic) bond motifs is 1. The minimum absolute atomic E-state index is 0.225. The van der Waals surface area contributed by atoms with E-state index in [-0.39, 0.29) is 17.5 Å². The van der Waals surface area contributed by atoms with Crippen molar-refractivity contribution in [2.45, 2.75) is 33.3 Å². The van der Waals surface area contributed by atoms with Crippen molar-refractivity contribution in [1.29, 1.82) is 0 Å². The molecule has 0 atom stereocenters. The van der Waals surface area contributed by atoms with Gasteiger partial charge in [-0.1, -0.05) is 23.2 Å². The summed E-state index contributed by atoms with van der Waals surface area (Å²) in [5.74, 6) is 0.00314. The topological polar surface area (TPSA) is 78.1 Å². The minimum Gasteiger partial charge on any atom is -0.460 e. The van der Waals surface area contributed by atoms with Crippen LogP contribution in [0.2, 0.25) is 10.0 Å². The van der Waals surface area contributed by atoms with Crippen LogP contribution in [-0.4, -0.2) is 21.5 Å². The lowest BCUT2D eigenvalue weighted by atomic mass is 10.2. The Kier molecular flexibility index (Phi) is 5.75. The Labute approximate surface area is 133 Å². The van der Waals surface area contributed by atoms with Gasteiger partial charge >= 0.3 is 5.97 Å². The fourth-order valence-corrected chi connectivity index (χ4v) is 1.86. The molecule has 0 radical (unpaired) electrons. The van der Waals surface area contributed by atoms with E-state index in [9.17, 15) is 4.79 Å². The van der Waals surface area contributed by atoms with Crippen molar-refractivity contribution in [1.82, 2.24) is 9.97 Å². The number of hydrogen-bond acceptors (Lipinski definition) is 5. The van der Waals surface area contributed by atoms with Gasteiger partial charge < -0.3 is 10.5 Å². The second-order valence-corrected chi connectivity index (χ2v) is 6.01. The number of nitrogens with two attached hydrogens (primary N) is 1. The van der Waals surface area contributed by atoms with E-state index in [4.69, 9.17) is 33.7 Å². The van der Waals surface area contributed by atoms with Gasteiger partial charge in [-0.3, -0.25) is 4.79 Å². The molecule has 0 amide bonds. The molecular weight excluding hydrogens is 313 g/mol. The van der Waals surface area contributed by atoms with Crippen LogP contribution in [0.4, 0.5) is 5.95 Å². The highest BCUT2D eigenvalue weighted by atomic mass is 35.5. The Balaban J connectivity index is 0.000000240. The molecule has 0 aliphatic rings. The van der Waals surface area contributed by atoms with E-state index in [1.165, 1.54) is 6.92 Å². The van der Waals surface area contributed by atoms with Crippen molar-refractivity contribution in [2.24, 2.45) is 0 Å². The average molecular weight is 330 g/mol. The normalized spacial score (nSPS) is 10.8. The van der Waals surface area contributed by atoms with Gasteiger partial charge in [0, 0.05) is 18.5 Å². The molecule has 114 valence electrons. The Morgan fingerprint density at radius 3 is 2.38 bits per heavy atom. The summed E-state index contributed by atoms with van der Waals surface area (Å²) < 4.78 is 4.80. The van der Waals surface area contributed by atoms with Crippen LogP contribution in [0.1, 0.15) is 27.7 Å². The first kappa shape index (κ1) is 17.5. The van der Waals surface area contributed by atoms with Crippen LogP contribution in [0.15, 0.2) is 18.3 Å². The number of hydrogen-bond donors (Lipinski definition) is 1. The number of benzene rings is 1. The summed E-state index contributed by atoms with van der Waals surface area (Å²) in [5.41, 5.74) is 5.78. The molecule has 7 heteroatoms. The number of rotatable bonds is 0. The zero-order valence-corrected chi connectivity index (χ0v) is 13.8. The molecule has 0 fully saturated rings. The van der Waals surface area contributed by atoms with E-state index in [0.29, 0.717) is 20.9 Å². The molecule has 21 heavy (non-hydrogen) atoms. The first-order valence-electron chi connectivity index (χ1n) is 6.16. The largest absolute Gasteiger partial charge is 0.460 e. The molecule has 2 N–H and O–H groups in total. The van der Waals surface area contributed by atoms with Gasteiger partial charge in [0.2, 0.25) is 5.95 Å². The summed E-state index contributed by atoms with van der Waals surface area (Å²) in [5, 5.41) is 1.66. The van der Waals surface area contributed by atoms with Crippen LogP contribution < -0.4 is 5.73 Å². The van der Waals surface area contributed by atoms with Crippen LogP contribution in [0, 0.1) is 0 Å². The monoisotopic (exact) mass is 329 g/mol. The second-order valence-electron chi connectivity index (χ2n) is 5.23. The summed E-state index contributed by atoms with van der Waals surface area (Å²) in [6.45, 7) is 6.93. The third-order valence-corrected chi connectivity index (χ3v) is 2.94. The van der Waals surface area contributed by atoms with Gasteiger partial charge in [0.05, 0.1) is 15.6 Å². The maximum absolute atomic E-state index is 10.2. The number of nitrogens with zero attached hydrogens (tertiary/aromatic N) is 2. The second kappa shape index (κ2) is 6.91. The molecule has 2 rings (SSSR count). The molecule has 0 unspecified atom stereocenters. The zero-order valence-electron chi connectivity index (χ0n) is 12.3. The molecule has 2 aromatic rings. The third-order valence-electron chi connectivity index (χ3n) is 2.12. The standard InChI is InChI=1S/C8H5Cl2N3.C6H12O2/c9-5-1-2-6-4(7(5)10)3-12-8(11)13-6;1-5(7)8-6(2,3)4/h1-3H,(H2,11,12,13);1-4H3. The first-order valence-corrected chi connectivity index (χ1v) is 6.91. The lowest BCUT2D eigenvalue weighted by Crippen LogP contribution is -2.21. The van der Waals surface area contributed by atoms with Gasteiger partial charge in [0.1, 0.15) is 5.60 Å². The van der Waals surface area contributed by atoms with Gasteiger partial charge in [-0.05, 0) is 32.9 Å². The van der Waals surface area contributed by atoms with Crippen molar-refractivity contribution in [3.63, 3.8) is 0 Å².